The van der Waals surface area contributed by atoms with Crippen LogP contribution < -0.4 is 0 Å². The van der Waals surface area contributed by atoms with Gasteiger partial charge in [0.15, 0.2) is 0 Å². The van der Waals surface area contributed by atoms with E-state index in [1.165, 1.54) is 6.20 Å². The fourth-order valence-corrected chi connectivity index (χ4v) is 1.26. The third-order valence-corrected chi connectivity index (χ3v) is 1.90. The lowest BCUT2D eigenvalue weighted by Crippen LogP contribution is -1.78. The Hall–Kier alpha value is -1.57. The van der Waals surface area contributed by atoms with Gasteiger partial charge < -0.3 is 5.11 Å². The molecule has 0 spiro atoms. The van der Waals surface area contributed by atoms with Crippen LogP contribution in [0.1, 0.15) is 5.56 Å². The SMILES string of the molecule is Cc1ccc2cncc(O)c2c1. The van der Waals surface area contributed by atoms with Gasteiger partial charge in [-0.1, -0.05) is 17.7 Å². The van der Waals surface area contributed by atoms with Gasteiger partial charge in [0.2, 0.25) is 0 Å². The van der Waals surface area contributed by atoms with E-state index in [1.54, 1.807) is 6.20 Å². The number of aromatic nitrogens is 1. The summed E-state index contributed by atoms with van der Waals surface area (Å²) in [5, 5.41) is 11.3. The fraction of sp³-hybridized carbons (Fsp3) is 0.100. The van der Waals surface area contributed by atoms with Gasteiger partial charge in [0.25, 0.3) is 0 Å². The van der Waals surface area contributed by atoms with Gasteiger partial charge in [-0.25, -0.2) is 0 Å². The highest BCUT2D eigenvalue weighted by Crippen LogP contribution is 2.23. The molecule has 0 aliphatic carbocycles. The number of nitrogens with zero attached hydrogens (tertiary/aromatic N) is 1. The zero-order chi connectivity index (χ0) is 8.55. The predicted molar refractivity (Wildman–Crippen MR) is 48.1 cm³/mol. The molecule has 1 heterocycles. The summed E-state index contributed by atoms with van der Waals surface area (Å²) in [4.78, 5) is 3.89. The second-order valence-corrected chi connectivity index (χ2v) is 2.88. The van der Waals surface area contributed by atoms with Crippen molar-refractivity contribution in [3.05, 3.63) is 36.2 Å². The Morgan fingerprint density at radius 2 is 2.08 bits per heavy atom. The van der Waals surface area contributed by atoms with E-state index < -0.39 is 0 Å². The summed E-state index contributed by atoms with van der Waals surface area (Å²) in [6.07, 6.45) is 3.20. The molecule has 0 unspecified atom stereocenters. The largest absolute Gasteiger partial charge is 0.506 e. The highest BCUT2D eigenvalue weighted by molar-refractivity contribution is 5.87. The van der Waals surface area contributed by atoms with Crippen LogP contribution in [0.3, 0.4) is 0 Å². The van der Waals surface area contributed by atoms with Gasteiger partial charge in [-0.2, -0.15) is 0 Å². The van der Waals surface area contributed by atoms with Crippen LogP contribution >= 0.6 is 0 Å². The number of pyridine rings is 1. The lowest BCUT2D eigenvalue weighted by Gasteiger charge is -2.00. The number of aromatic hydroxyl groups is 1. The fourth-order valence-electron chi connectivity index (χ4n) is 1.26. The van der Waals surface area contributed by atoms with Crippen molar-refractivity contribution in [2.45, 2.75) is 6.92 Å². The van der Waals surface area contributed by atoms with Gasteiger partial charge in [0.05, 0.1) is 6.20 Å². The van der Waals surface area contributed by atoms with Crippen molar-refractivity contribution in [3.8, 4) is 5.75 Å². The van der Waals surface area contributed by atoms with E-state index in [0.29, 0.717) is 0 Å². The van der Waals surface area contributed by atoms with Gasteiger partial charge in [-0.05, 0) is 13.0 Å². The third kappa shape index (κ3) is 1.01. The molecule has 2 heteroatoms. The molecule has 0 aliphatic rings. The summed E-state index contributed by atoms with van der Waals surface area (Å²) in [6, 6.07) is 5.91. The molecule has 0 radical (unpaired) electrons. The lowest BCUT2D eigenvalue weighted by atomic mass is 10.1. The van der Waals surface area contributed by atoms with Crippen molar-refractivity contribution in [1.29, 1.82) is 0 Å². The minimum atomic E-state index is 0.246. The standard InChI is InChI=1S/C10H9NO/c1-7-2-3-8-5-11-6-10(12)9(8)4-7/h2-6,12H,1H3. The van der Waals surface area contributed by atoms with Gasteiger partial charge in [0, 0.05) is 17.0 Å². The zero-order valence-corrected chi connectivity index (χ0v) is 6.78. The van der Waals surface area contributed by atoms with Crippen LogP contribution in [0.25, 0.3) is 10.8 Å². The van der Waals surface area contributed by atoms with Gasteiger partial charge >= 0.3 is 0 Å². The van der Waals surface area contributed by atoms with Crippen molar-refractivity contribution in [3.63, 3.8) is 0 Å². The molecule has 0 bridgehead atoms. The molecule has 0 aliphatic heterocycles. The van der Waals surface area contributed by atoms with Crippen molar-refractivity contribution in [2.24, 2.45) is 0 Å². The number of hydrogen-bond acceptors (Lipinski definition) is 2. The summed E-state index contributed by atoms with van der Waals surface area (Å²) < 4.78 is 0. The van der Waals surface area contributed by atoms with E-state index in [4.69, 9.17) is 0 Å². The summed E-state index contributed by atoms with van der Waals surface area (Å²) in [7, 11) is 0. The first-order chi connectivity index (χ1) is 5.77. The Balaban J connectivity index is 2.88. The molecule has 0 fully saturated rings. The molecule has 12 heavy (non-hydrogen) atoms. The Bertz CT molecular complexity index is 423. The smallest absolute Gasteiger partial charge is 0.141 e. The molecular formula is C10H9NO. The Morgan fingerprint density at radius 3 is 2.92 bits per heavy atom. The van der Waals surface area contributed by atoms with Gasteiger partial charge in [0.1, 0.15) is 5.75 Å². The van der Waals surface area contributed by atoms with E-state index in [1.807, 2.05) is 25.1 Å². The Labute approximate surface area is 70.5 Å². The maximum absolute atomic E-state index is 9.43. The van der Waals surface area contributed by atoms with E-state index >= 15 is 0 Å². The first kappa shape index (κ1) is 7.10. The number of rotatable bonds is 0. The number of aryl methyl sites for hydroxylation is 1. The molecule has 0 amide bonds. The number of fused-ring (bicyclic) bond motifs is 1. The summed E-state index contributed by atoms with van der Waals surface area (Å²) in [5.74, 6) is 0.246. The van der Waals surface area contributed by atoms with Crippen LogP contribution in [0.4, 0.5) is 0 Å². The Morgan fingerprint density at radius 1 is 1.25 bits per heavy atom. The first-order valence-electron chi connectivity index (χ1n) is 3.81. The average Bonchev–Trinajstić information content (AvgIpc) is 2.07. The van der Waals surface area contributed by atoms with E-state index in [9.17, 15) is 5.11 Å². The summed E-state index contributed by atoms with van der Waals surface area (Å²) >= 11 is 0. The quantitative estimate of drug-likeness (QED) is 0.639. The molecule has 2 rings (SSSR count). The highest BCUT2D eigenvalue weighted by atomic mass is 16.3. The third-order valence-electron chi connectivity index (χ3n) is 1.90. The molecule has 1 N–H and O–H groups in total. The molecule has 1 aromatic carbocycles. The molecule has 60 valence electrons. The van der Waals surface area contributed by atoms with E-state index in [0.717, 1.165) is 16.3 Å². The van der Waals surface area contributed by atoms with Crippen LogP contribution in [0, 0.1) is 6.92 Å². The summed E-state index contributed by atoms with van der Waals surface area (Å²) in [6.45, 7) is 2.00. The van der Waals surface area contributed by atoms with Crippen molar-refractivity contribution < 1.29 is 5.11 Å². The monoisotopic (exact) mass is 159 g/mol. The van der Waals surface area contributed by atoms with Crippen molar-refractivity contribution >= 4 is 10.8 Å². The summed E-state index contributed by atoms with van der Waals surface area (Å²) in [5.41, 5.74) is 1.14. The Kier molecular flexibility index (Phi) is 1.47. The molecule has 2 nitrogen and oxygen atoms in total. The van der Waals surface area contributed by atoms with Crippen LogP contribution in [0.15, 0.2) is 30.6 Å². The molecule has 2 aromatic rings. The maximum atomic E-state index is 9.43. The van der Waals surface area contributed by atoms with Gasteiger partial charge in [-0.15, -0.1) is 0 Å². The van der Waals surface area contributed by atoms with Crippen molar-refractivity contribution in [1.82, 2.24) is 4.98 Å². The molecule has 0 saturated carbocycles. The predicted octanol–water partition coefficient (Wildman–Crippen LogP) is 2.25. The van der Waals surface area contributed by atoms with Gasteiger partial charge in [-0.3, -0.25) is 4.98 Å². The number of benzene rings is 1. The molecule has 0 atom stereocenters. The maximum Gasteiger partial charge on any atom is 0.141 e. The van der Waals surface area contributed by atoms with Crippen molar-refractivity contribution in [2.75, 3.05) is 0 Å². The minimum absolute atomic E-state index is 0.246. The van der Waals surface area contributed by atoms with Crippen LogP contribution in [0.2, 0.25) is 0 Å². The average molecular weight is 159 g/mol. The highest BCUT2D eigenvalue weighted by Gasteiger charge is 1.98. The second kappa shape index (κ2) is 2.48. The first-order valence-corrected chi connectivity index (χ1v) is 3.81. The van der Waals surface area contributed by atoms with Crippen LogP contribution in [0.5, 0.6) is 5.75 Å². The van der Waals surface area contributed by atoms with E-state index in [2.05, 4.69) is 4.98 Å². The minimum Gasteiger partial charge on any atom is -0.506 e. The molecule has 0 saturated heterocycles. The molecular weight excluding hydrogens is 150 g/mol. The van der Waals surface area contributed by atoms with E-state index in [-0.39, 0.29) is 5.75 Å². The topological polar surface area (TPSA) is 33.1 Å². The van der Waals surface area contributed by atoms with Crippen LogP contribution in [-0.4, -0.2) is 10.1 Å². The number of hydrogen-bond donors (Lipinski definition) is 1. The lowest BCUT2D eigenvalue weighted by molar-refractivity contribution is 0.479. The zero-order valence-electron chi connectivity index (χ0n) is 6.78. The normalized spacial score (nSPS) is 10.4. The second-order valence-electron chi connectivity index (χ2n) is 2.88. The van der Waals surface area contributed by atoms with Crippen LogP contribution in [-0.2, 0) is 0 Å². The molecule has 1 aromatic heterocycles.